The predicted molar refractivity (Wildman–Crippen MR) is 70.3 cm³/mol. The molecule has 2 N–H and O–H groups in total. The van der Waals surface area contributed by atoms with Gasteiger partial charge in [0.25, 0.3) is 0 Å². The summed E-state index contributed by atoms with van der Waals surface area (Å²) in [5.41, 5.74) is 6.40. The number of benzene rings is 1. The molecule has 0 spiro atoms. The minimum Gasteiger partial charge on any atom is -0.445 e. The Morgan fingerprint density at radius 2 is 2.16 bits per heavy atom. The van der Waals surface area contributed by atoms with Crippen LogP contribution in [0.3, 0.4) is 0 Å². The molecule has 0 aromatic heterocycles. The number of nitrogens with two attached hydrogens (primary N) is 1. The van der Waals surface area contributed by atoms with Gasteiger partial charge in [-0.25, -0.2) is 9.18 Å². The molecule has 2 unspecified atom stereocenters. The second kappa shape index (κ2) is 6.52. The van der Waals surface area contributed by atoms with Crippen LogP contribution in [0.25, 0.3) is 0 Å². The van der Waals surface area contributed by atoms with Gasteiger partial charge < -0.3 is 15.4 Å². The van der Waals surface area contributed by atoms with Gasteiger partial charge in [0.2, 0.25) is 0 Å². The molecule has 1 saturated heterocycles. The van der Waals surface area contributed by atoms with Crippen molar-refractivity contribution >= 4 is 6.09 Å². The predicted octanol–water partition coefficient (Wildman–Crippen LogP) is 1.94. The molecule has 2 rings (SSSR count). The molecule has 1 aromatic rings. The number of rotatable bonds is 3. The van der Waals surface area contributed by atoms with E-state index in [0.717, 1.165) is 5.56 Å². The topological polar surface area (TPSA) is 55.6 Å². The zero-order chi connectivity index (χ0) is 13.7. The van der Waals surface area contributed by atoms with Crippen LogP contribution in [0.15, 0.2) is 30.3 Å². The zero-order valence-electron chi connectivity index (χ0n) is 10.8. The van der Waals surface area contributed by atoms with Gasteiger partial charge in [-0.2, -0.15) is 0 Å². The molecule has 0 bridgehead atoms. The molecule has 0 radical (unpaired) electrons. The van der Waals surface area contributed by atoms with E-state index in [9.17, 15) is 9.18 Å². The SMILES string of the molecule is NCC1CCN(C(=O)OCc2ccccc2)CC1F. The third kappa shape index (κ3) is 3.67. The number of piperidine rings is 1. The first-order valence-electron chi connectivity index (χ1n) is 6.50. The summed E-state index contributed by atoms with van der Waals surface area (Å²) in [6.07, 6.45) is -0.914. The van der Waals surface area contributed by atoms with E-state index in [-0.39, 0.29) is 19.1 Å². The number of hydrogen-bond donors (Lipinski definition) is 1. The number of nitrogens with zero attached hydrogens (tertiary/aromatic N) is 1. The number of ether oxygens (including phenoxy) is 1. The van der Waals surface area contributed by atoms with Crippen molar-refractivity contribution in [1.82, 2.24) is 4.90 Å². The van der Waals surface area contributed by atoms with Gasteiger partial charge in [-0.15, -0.1) is 0 Å². The highest BCUT2D eigenvalue weighted by molar-refractivity contribution is 5.67. The fourth-order valence-corrected chi connectivity index (χ4v) is 2.20. The van der Waals surface area contributed by atoms with Crippen molar-refractivity contribution in [3.63, 3.8) is 0 Å². The number of halogens is 1. The second-order valence-corrected chi connectivity index (χ2v) is 4.79. The van der Waals surface area contributed by atoms with Crippen LogP contribution in [0, 0.1) is 5.92 Å². The molecule has 5 heteroatoms. The van der Waals surface area contributed by atoms with Crippen molar-refractivity contribution in [1.29, 1.82) is 0 Å². The Kier molecular flexibility index (Phi) is 4.74. The molecular formula is C14H19FN2O2. The maximum absolute atomic E-state index is 13.7. The van der Waals surface area contributed by atoms with Crippen LogP contribution in [-0.2, 0) is 11.3 Å². The molecule has 104 valence electrons. The first-order valence-corrected chi connectivity index (χ1v) is 6.50. The molecule has 1 aliphatic heterocycles. The summed E-state index contributed by atoms with van der Waals surface area (Å²) in [5.74, 6) is -0.141. The standard InChI is InChI=1S/C14H19FN2O2/c15-13-9-17(7-6-12(13)8-16)14(18)19-10-11-4-2-1-3-5-11/h1-5,12-13H,6-10,16H2. The summed E-state index contributed by atoms with van der Waals surface area (Å²) in [6, 6.07) is 9.43. The molecule has 0 saturated carbocycles. The quantitative estimate of drug-likeness (QED) is 0.909. The van der Waals surface area contributed by atoms with Crippen molar-refractivity contribution < 1.29 is 13.9 Å². The summed E-state index contributed by atoms with van der Waals surface area (Å²) in [4.78, 5) is 13.2. The number of alkyl halides is 1. The zero-order valence-corrected chi connectivity index (χ0v) is 10.8. The maximum Gasteiger partial charge on any atom is 0.410 e. The molecule has 4 nitrogen and oxygen atoms in total. The summed E-state index contributed by atoms with van der Waals surface area (Å²) in [5, 5.41) is 0. The molecular weight excluding hydrogens is 247 g/mol. The number of hydrogen-bond acceptors (Lipinski definition) is 3. The van der Waals surface area contributed by atoms with E-state index in [4.69, 9.17) is 10.5 Å². The Hall–Kier alpha value is -1.62. The van der Waals surface area contributed by atoms with E-state index in [1.54, 1.807) is 0 Å². The molecule has 0 aliphatic carbocycles. The van der Waals surface area contributed by atoms with Crippen LogP contribution in [0.4, 0.5) is 9.18 Å². The van der Waals surface area contributed by atoms with E-state index >= 15 is 0 Å². The first kappa shape index (κ1) is 13.8. The van der Waals surface area contributed by atoms with Gasteiger partial charge in [0, 0.05) is 12.5 Å². The number of carbonyl (C=O) groups excluding carboxylic acids is 1. The van der Waals surface area contributed by atoms with Crippen LogP contribution >= 0.6 is 0 Å². The lowest BCUT2D eigenvalue weighted by molar-refractivity contribution is 0.0536. The Morgan fingerprint density at radius 3 is 2.79 bits per heavy atom. The lowest BCUT2D eigenvalue weighted by Gasteiger charge is -2.33. The van der Waals surface area contributed by atoms with E-state index in [1.165, 1.54) is 4.90 Å². The number of carbonyl (C=O) groups is 1. The molecule has 2 atom stereocenters. The van der Waals surface area contributed by atoms with E-state index in [2.05, 4.69) is 0 Å². The third-order valence-corrected chi connectivity index (χ3v) is 3.44. The number of amides is 1. The monoisotopic (exact) mass is 266 g/mol. The normalized spacial score (nSPS) is 23.2. The third-order valence-electron chi connectivity index (χ3n) is 3.44. The fourth-order valence-electron chi connectivity index (χ4n) is 2.20. The van der Waals surface area contributed by atoms with E-state index in [0.29, 0.717) is 19.5 Å². The van der Waals surface area contributed by atoms with Crippen molar-refractivity contribution in [2.24, 2.45) is 11.7 Å². The largest absolute Gasteiger partial charge is 0.445 e. The van der Waals surface area contributed by atoms with Gasteiger partial charge >= 0.3 is 6.09 Å². The summed E-state index contributed by atoms with van der Waals surface area (Å²) in [7, 11) is 0. The lowest BCUT2D eigenvalue weighted by Crippen LogP contribution is -2.46. The van der Waals surface area contributed by atoms with Gasteiger partial charge in [0.1, 0.15) is 12.8 Å². The van der Waals surface area contributed by atoms with Crippen molar-refractivity contribution in [3.05, 3.63) is 35.9 Å². The molecule has 1 fully saturated rings. The Balaban J connectivity index is 1.81. The van der Waals surface area contributed by atoms with Gasteiger partial charge in [0.15, 0.2) is 0 Å². The molecule has 1 aliphatic rings. The minimum atomic E-state index is -1.05. The van der Waals surface area contributed by atoms with E-state index in [1.807, 2.05) is 30.3 Å². The second-order valence-electron chi connectivity index (χ2n) is 4.79. The minimum absolute atomic E-state index is 0.0789. The van der Waals surface area contributed by atoms with Crippen LogP contribution in [0.1, 0.15) is 12.0 Å². The summed E-state index contributed by atoms with van der Waals surface area (Å²) < 4.78 is 18.9. The average Bonchev–Trinajstić information content (AvgIpc) is 2.45. The lowest BCUT2D eigenvalue weighted by atomic mass is 9.95. The van der Waals surface area contributed by atoms with Crippen molar-refractivity contribution in [2.75, 3.05) is 19.6 Å². The summed E-state index contributed by atoms with van der Waals surface area (Å²) >= 11 is 0. The average molecular weight is 266 g/mol. The Morgan fingerprint density at radius 1 is 1.42 bits per heavy atom. The van der Waals surface area contributed by atoms with Gasteiger partial charge in [-0.1, -0.05) is 30.3 Å². The van der Waals surface area contributed by atoms with Crippen LogP contribution in [0.2, 0.25) is 0 Å². The smallest absolute Gasteiger partial charge is 0.410 e. The van der Waals surface area contributed by atoms with Gasteiger partial charge in [-0.05, 0) is 18.5 Å². The van der Waals surface area contributed by atoms with Crippen LogP contribution in [0.5, 0.6) is 0 Å². The first-order chi connectivity index (χ1) is 9.20. The van der Waals surface area contributed by atoms with Crippen molar-refractivity contribution in [3.8, 4) is 0 Å². The summed E-state index contributed by atoms with van der Waals surface area (Å²) in [6.45, 7) is 1.13. The Labute approximate surface area is 112 Å². The van der Waals surface area contributed by atoms with E-state index < -0.39 is 12.3 Å². The van der Waals surface area contributed by atoms with Crippen LogP contribution < -0.4 is 5.73 Å². The fraction of sp³-hybridized carbons (Fsp3) is 0.500. The highest BCUT2D eigenvalue weighted by atomic mass is 19.1. The highest BCUT2D eigenvalue weighted by Crippen LogP contribution is 2.20. The van der Waals surface area contributed by atoms with Crippen molar-refractivity contribution in [2.45, 2.75) is 19.2 Å². The van der Waals surface area contributed by atoms with Gasteiger partial charge in [-0.3, -0.25) is 0 Å². The maximum atomic E-state index is 13.7. The highest BCUT2D eigenvalue weighted by Gasteiger charge is 2.31. The molecule has 1 amide bonds. The molecule has 19 heavy (non-hydrogen) atoms. The molecule has 1 aromatic carbocycles. The molecule has 1 heterocycles. The van der Waals surface area contributed by atoms with Crippen LogP contribution in [-0.4, -0.2) is 36.8 Å². The number of likely N-dealkylation sites (tertiary alicyclic amines) is 1. The van der Waals surface area contributed by atoms with Gasteiger partial charge in [0.05, 0.1) is 6.54 Å². The Bertz CT molecular complexity index is 413.